The van der Waals surface area contributed by atoms with E-state index >= 15 is 0 Å². The third kappa shape index (κ3) is 5.38. The van der Waals surface area contributed by atoms with Crippen molar-refractivity contribution in [2.75, 3.05) is 17.2 Å². The summed E-state index contributed by atoms with van der Waals surface area (Å²) >= 11 is 6.51. The molecule has 2 N–H and O–H groups in total. The largest absolute Gasteiger partial charge is 0.413 e. The fourth-order valence-corrected chi connectivity index (χ4v) is 4.75. The summed E-state index contributed by atoms with van der Waals surface area (Å²) < 4.78 is 51.9. The Morgan fingerprint density at radius 3 is 2.46 bits per heavy atom. The second-order valence-corrected chi connectivity index (χ2v) is 11.6. The Kier molecular flexibility index (Phi) is 6.71. The zero-order chi connectivity index (χ0) is 30.5. The van der Waals surface area contributed by atoms with Crippen molar-refractivity contribution in [3.63, 3.8) is 0 Å². The fourth-order valence-electron chi connectivity index (χ4n) is 4.52. The Morgan fingerprint density at radius 2 is 1.85 bits per heavy atom. The third-order valence-corrected chi connectivity index (χ3v) is 7.19. The molecular formula is C29H26ClF3N8. The Hall–Kier alpha value is -4.35. The summed E-state index contributed by atoms with van der Waals surface area (Å²) in [5.41, 5.74) is -0.712. The maximum absolute atomic E-state index is 13.9. The normalized spacial score (nSPS) is 16.3. The molecule has 2 aromatic carbocycles. The van der Waals surface area contributed by atoms with Crippen LogP contribution in [0.3, 0.4) is 0 Å². The van der Waals surface area contributed by atoms with Crippen LogP contribution in [0.15, 0.2) is 48.8 Å². The minimum Gasteiger partial charge on any atom is -0.383 e. The van der Waals surface area contributed by atoms with Gasteiger partial charge in [-0.25, -0.2) is 4.68 Å². The molecule has 1 aliphatic carbocycles. The number of nitrogens with zero attached hydrogens (tertiary/aromatic N) is 6. The van der Waals surface area contributed by atoms with E-state index in [1.165, 1.54) is 12.3 Å². The van der Waals surface area contributed by atoms with Gasteiger partial charge in [0.05, 0.1) is 35.9 Å². The van der Waals surface area contributed by atoms with E-state index in [4.69, 9.17) is 11.6 Å². The second kappa shape index (κ2) is 10.2. The standard InChI is InChI=1S/C29H26ClF3N8/c1-27(2,3)16-37-25-18(13-35)14-36-24-17(12-34)10-19(11-21(24)25)38-26(20-6-4-5-7-22(20)30)23-15-41(40-39-23)28(8-9-28)29(31,32)33/h4-7,10-11,14-15,26,38H,8-9,16H2,1-3H3,(H,36,37)/i26D. The molecule has 0 bridgehead atoms. The van der Waals surface area contributed by atoms with Crippen LogP contribution in [0.4, 0.5) is 24.5 Å². The summed E-state index contributed by atoms with van der Waals surface area (Å²) in [5.74, 6) is 0. The van der Waals surface area contributed by atoms with Crippen molar-refractivity contribution in [2.24, 2.45) is 5.41 Å². The molecule has 1 unspecified atom stereocenters. The zero-order valence-electron chi connectivity index (χ0n) is 23.4. The lowest BCUT2D eigenvalue weighted by atomic mass is 9.96. The molecule has 0 amide bonds. The van der Waals surface area contributed by atoms with Crippen LogP contribution in [0.5, 0.6) is 0 Å². The summed E-state index contributed by atoms with van der Waals surface area (Å²) in [6.45, 7) is 6.59. The van der Waals surface area contributed by atoms with E-state index in [0.717, 1.165) is 10.9 Å². The lowest BCUT2D eigenvalue weighted by molar-refractivity contribution is -0.182. The van der Waals surface area contributed by atoms with Gasteiger partial charge in [0.1, 0.15) is 17.8 Å². The number of benzene rings is 2. The number of alkyl halides is 3. The number of halogens is 4. The first-order chi connectivity index (χ1) is 19.7. The van der Waals surface area contributed by atoms with Crippen molar-refractivity contribution in [1.29, 1.82) is 10.5 Å². The molecule has 0 aliphatic heterocycles. The van der Waals surface area contributed by atoms with Crippen molar-refractivity contribution in [3.8, 4) is 12.1 Å². The second-order valence-electron chi connectivity index (χ2n) is 11.2. The quantitative estimate of drug-likeness (QED) is 0.244. The van der Waals surface area contributed by atoms with Gasteiger partial charge >= 0.3 is 6.18 Å². The van der Waals surface area contributed by atoms with Crippen LogP contribution in [0.25, 0.3) is 10.9 Å². The molecule has 1 saturated carbocycles. The maximum Gasteiger partial charge on any atom is 0.413 e. The molecule has 2 aromatic heterocycles. The minimum absolute atomic E-state index is 0.125. The number of nitrogens with one attached hydrogen (secondary N) is 2. The van der Waals surface area contributed by atoms with Crippen LogP contribution in [-0.4, -0.2) is 32.7 Å². The summed E-state index contributed by atoms with van der Waals surface area (Å²) in [7, 11) is 0. The molecule has 2 heterocycles. The van der Waals surface area contributed by atoms with Gasteiger partial charge in [0, 0.05) is 28.8 Å². The van der Waals surface area contributed by atoms with Gasteiger partial charge in [-0.3, -0.25) is 4.98 Å². The molecule has 1 atom stereocenters. The van der Waals surface area contributed by atoms with Crippen LogP contribution in [0.2, 0.25) is 5.02 Å². The Labute approximate surface area is 241 Å². The van der Waals surface area contributed by atoms with Gasteiger partial charge in [-0.05, 0) is 42.0 Å². The number of rotatable bonds is 7. The lowest BCUT2D eigenvalue weighted by Gasteiger charge is -2.23. The van der Waals surface area contributed by atoms with Crippen LogP contribution < -0.4 is 10.6 Å². The van der Waals surface area contributed by atoms with Crippen LogP contribution in [0, 0.1) is 28.1 Å². The number of hydrogen-bond donors (Lipinski definition) is 2. The van der Waals surface area contributed by atoms with E-state index in [9.17, 15) is 25.1 Å². The van der Waals surface area contributed by atoms with Crippen molar-refractivity contribution in [1.82, 2.24) is 20.0 Å². The molecule has 8 nitrogen and oxygen atoms in total. The number of hydrogen-bond acceptors (Lipinski definition) is 7. The number of aromatic nitrogens is 4. The van der Waals surface area contributed by atoms with Crippen molar-refractivity contribution < 1.29 is 14.5 Å². The molecule has 1 fully saturated rings. The van der Waals surface area contributed by atoms with Crippen LogP contribution in [0.1, 0.15) is 63.4 Å². The van der Waals surface area contributed by atoms with E-state index in [1.807, 2.05) is 20.8 Å². The topological polar surface area (TPSA) is 115 Å². The highest BCUT2D eigenvalue weighted by Gasteiger charge is 2.66. The first-order valence-electron chi connectivity index (χ1n) is 13.3. The average Bonchev–Trinajstić information content (AvgIpc) is 3.60. The van der Waals surface area contributed by atoms with E-state index in [-0.39, 0.29) is 51.4 Å². The smallest absolute Gasteiger partial charge is 0.383 e. The monoisotopic (exact) mass is 579 g/mol. The van der Waals surface area contributed by atoms with Crippen LogP contribution in [-0.2, 0) is 5.54 Å². The zero-order valence-corrected chi connectivity index (χ0v) is 23.2. The highest BCUT2D eigenvalue weighted by atomic mass is 35.5. The Bertz CT molecular complexity index is 1760. The summed E-state index contributed by atoms with van der Waals surface area (Å²) in [6.07, 6.45) is -2.31. The molecule has 41 heavy (non-hydrogen) atoms. The lowest BCUT2D eigenvalue weighted by Crippen LogP contribution is -2.35. The molecule has 4 aromatic rings. The Morgan fingerprint density at radius 1 is 1.15 bits per heavy atom. The molecule has 210 valence electrons. The number of nitriles is 2. The highest BCUT2D eigenvalue weighted by molar-refractivity contribution is 6.31. The third-order valence-electron chi connectivity index (χ3n) is 6.86. The van der Waals surface area contributed by atoms with E-state index in [2.05, 4.69) is 38.1 Å². The predicted octanol–water partition coefficient (Wildman–Crippen LogP) is 6.93. The van der Waals surface area contributed by atoms with Gasteiger partial charge in [0.25, 0.3) is 0 Å². The van der Waals surface area contributed by atoms with Gasteiger partial charge in [0.2, 0.25) is 0 Å². The van der Waals surface area contributed by atoms with Gasteiger partial charge in [0.15, 0.2) is 5.54 Å². The van der Waals surface area contributed by atoms with Crippen molar-refractivity contribution in [3.05, 3.63) is 76.2 Å². The summed E-state index contributed by atoms with van der Waals surface area (Å²) in [5, 5.41) is 34.5. The number of fused-ring (bicyclic) bond motifs is 1. The van der Waals surface area contributed by atoms with E-state index in [1.54, 1.807) is 30.3 Å². The Balaban J connectivity index is 1.67. The number of anilines is 2. The SMILES string of the molecule is [2H]C(Nc1cc(C#N)c2ncc(C#N)c(NCC(C)(C)C)c2c1)(c1cn(C2(C(F)(F)F)CC2)nn1)c1ccccc1Cl. The van der Waals surface area contributed by atoms with Crippen molar-refractivity contribution in [2.45, 2.75) is 51.3 Å². The molecule has 12 heteroatoms. The van der Waals surface area contributed by atoms with Gasteiger partial charge in [-0.2, -0.15) is 23.7 Å². The fraction of sp³-hybridized carbons (Fsp3) is 0.345. The predicted molar refractivity (Wildman–Crippen MR) is 149 cm³/mol. The molecule has 0 spiro atoms. The minimum atomic E-state index is -4.54. The van der Waals surface area contributed by atoms with Crippen LogP contribution >= 0.6 is 11.6 Å². The number of pyridine rings is 1. The first-order valence-corrected chi connectivity index (χ1v) is 13.1. The van der Waals surface area contributed by atoms with Gasteiger partial charge < -0.3 is 10.6 Å². The molecular weight excluding hydrogens is 553 g/mol. The summed E-state index contributed by atoms with van der Waals surface area (Å²) in [6, 6.07) is 11.8. The molecule has 0 radical (unpaired) electrons. The van der Waals surface area contributed by atoms with Gasteiger partial charge in [-0.15, -0.1) is 5.10 Å². The molecule has 0 saturated heterocycles. The van der Waals surface area contributed by atoms with Crippen molar-refractivity contribution >= 4 is 33.9 Å². The van der Waals surface area contributed by atoms with E-state index in [0.29, 0.717) is 23.1 Å². The van der Waals surface area contributed by atoms with E-state index < -0.39 is 17.7 Å². The maximum atomic E-state index is 13.9. The molecule has 5 rings (SSSR count). The molecule has 1 aliphatic rings. The average molecular weight is 580 g/mol. The highest BCUT2D eigenvalue weighted by Crippen LogP contribution is 2.55. The summed E-state index contributed by atoms with van der Waals surface area (Å²) in [4.78, 5) is 4.34. The first kappa shape index (κ1) is 26.9. The van der Waals surface area contributed by atoms with Gasteiger partial charge in [-0.1, -0.05) is 55.8 Å².